The van der Waals surface area contributed by atoms with Crippen molar-refractivity contribution in [2.75, 3.05) is 6.54 Å². The van der Waals surface area contributed by atoms with E-state index < -0.39 is 0 Å². The van der Waals surface area contributed by atoms with Gasteiger partial charge in [-0.2, -0.15) is 0 Å². The number of carbonyl (C=O) groups excluding carboxylic acids is 1. The van der Waals surface area contributed by atoms with E-state index in [-0.39, 0.29) is 24.4 Å². The van der Waals surface area contributed by atoms with Crippen LogP contribution < -0.4 is 5.32 Å². The lowest BCUT2D eigenvalue weighted by Gasteiger charge is -2.22. The summed E-state index contributed by atoms with van der Waals surface area (Å²) >= 11 is 0. The van der Waals surface area contributed by atoms with Gasteiger partial charge in [0.05, 0.1) is 5.69 Å². The van der Waals surface area contributed by atoms with Gasteiger partial charge in [0, 0.05) is 24.7 Å². The van der Waals surface area contributed by atoms with E-state index >= 15 is 0 Å². The second-order valence-electron chi connectivity index (χ2n) is 5.37. The molecule has 0 saturated carbocycles. The Morgan fingerprint density at radius 2 is 2.36 bits per heavy atom. The van der Waals surface area contributed by atoms with E-state index in [2.05, 4.69) is 20.8 Å². The number of hydrogen-bond acceptors (Lipinski definition) is 4. The second-order valence-corrected chi connectivity index (χ2v) is 5.37. The Labute approximate surface area is 127 Å². The molecule has 8 heteroatoms. The lowest BCUT2D eigenvalue weighted by molar-refractivity contribution is 0.195. The van der Waals surface area contributed by atoms with Crippen LogP contribution in [0.4, 0.5) is 9.18 Å². The van der Waals surface area contributed by atoms with E-state index in [1.807, 2.05) is 6.92 Å². The van der Waals surface area contributed by atoms with Gasteiger partial charge in [-0.3, -0.25) is 0 Å². The Morgan fingerprint density at radius 3 is 3.05 bits per heavy atom. The topological polar surface area (TPSA) is 75.9 Å². The third kappa shape index (κ3) is 2.90. The summed E-state index contributed by atoms with van der Waals surface area (Å²) < 4.78 is 14.9. The molecule has 1 atom stereocenters. The summed E-state index contributed by atoms with van der Waals surface area (Å²) in [6, 6.07) is 4.42. The van der Waals surface area contributed by atoms with Crippen molar-refractivity contribution >= 4 is 6.03 Å². The standard InChI is InChI=1S/C14H17FN6O/c1-10-3-2-6-20(10)14(22)16-8-11-7-12(15)4-5-13(11)21-9-17-18-19-21/h4-5,7,9-10H,2-3,6,8H2,1H3,(H,16,22)/t10-/m1/s1. The molecule has 0 aliphatic carbocycles. The van der Waals surface area contributed by atoms with Crippen molar-refractivity contribution in [2.45, 2.75) is 32.4 Å². The molecule has 116 valence electrons. The first kappa shape index (κ1) is 14.4. The Bertz CT molecular complexity index is 659. The number of likely N-dealkylation sites (tertiary alicyclic amines) is 1. The number of tetrazole rings is 1. The van der Waals surface area contributed by atoms with Crippen LogP contribution >= 0.6 is 0 Å². The normalized spacial score (nSPS) is 17.7. The van der Waals surface area contributed by atoms with Gasteiger partial charge in [0.1, 0.15) is 12.1 Å². The monoisotopic (exact) mass is 304 g/mol. The average molecular weight is 304 g/mol. The van der Waals surface area contributed by atoms with Crippen LogP contribution in [-0.2, 0) is 6.54 Å². The lowest BCUT2D eigenvalue weighted by atomic mass is 10.1. The highest BCUT2D eigenvalue weighted by molar-refractivity contribution is 5.75. The smallest absolute Gasteiger partial charge is 0.317 e. The molecule has 1 aromatic carbocycles. The van der Waals surface area contributed by atoms with Crippen molar-refractivity contribution < 1.29 is 9.18 Å². The molecule has 0 unspecified atom stereocenters. The number of halogens is 1. The molecular formula is C14H17FN6O. The van der Waals surface area contributed by atoms with Gasteiger partial charge < -0.3 is 10.2 Å². The van der Waals surface area contributed by atoms with E-state index in [4.69, 9.17) is 0 Å². The number of nitrogens with zero attached hydrogens (tertiary/aromatic N) is 5. The zero-order chi connectivity index (χ0) is 15.5. The first-order valence-corrected chi connectivity index (χ1v) is 7.21. The van der Waals surface area contributed by atoms with Gasteiger partial charge in [0.15, 0.2) is 0 Å². The molecule has 22 heavy (non-hydrogen) atoms. The fraction of sp³-hybridized carbons (Fsp3) is 0.429. The third-order valence-electron chi connectivity index (χ3n) is 3.88. The maximum Gasteiger partial charge on any atom is 0.317 e. The molecule has 3 rings (SSSR count). The van der Waals surface area contributed by atoms with Crippen molar-refractivity contribution in [1.82, 2.24) is 30.4 Å². The molecule has 1 saturated heterocycles. The molecule has 0 radical (unpaired) electrons. The van der Waals surface area contributed by atoms with Crippen LogP contribution in [0.25, 0.3) is 5.69 Å². The van der Waals surface area contributed by atoms with Crippen molar-refractivity contribution in [1.29, 1.82) is 0 Å². The number of amides is 2. The molecule has 1 fully saturated rings. The summed E-state index contributed by atoms with van der Waals surface area (Å²) in [6.45, 7) is 3.01. The van der Waals surface area contributed by atoms with Crippen molar-refractivity contribution in [2.24, 2.45) is 0 Å². The molecular weight excluding hydrogens is 287 g/mol. The molecule has 2 aromatic rings. The molecule has 0 bridgehead atoms. The Hall–Kier alpha value is -2.51. The van der Waals surface area contributed by atoms with Gasteiger partial charge in [-0.1, -0.05) is 0 Å². The molecule has 1 aliphatic rings. The molecule has 2 heterocycles. The number of urea groups is 1. The fourth-order valence-corrected chi connectivity index (χ4v) is 2.70. The van der Waals surface area contributed by atoms with Crippen LogP contribution in [-0.4, -0.2) is 43.7 Å². The molecule has 1 aliphatic heterocycles. The number of hydrogen-bond donors (Lipinski definition) is 1. The zero-order valence-corrected chi connectivity index (χ0v) is 12.2. The van der Waals surface area contributed by atoms with Gasteiger partial charge in [-0.25, -0.2) is 13.9 Å². The second kappa shape index (κ2) is 6.08. The number of rotatable bonds is 3. The fourth-order valence-electron chi connectivity index (χ4n) is 2.70. The summed E-state index contributed by atoms with van der Waals surface area (Å²) in [7, 11) is 0. The van der Waals surface area contributed by atoms with E-state index in [0.29, 0.717) is 11.3 Å². The molecule has 0 spiro atoms. The summed E-state index contributed by atoms with van der Waals surface area (Å²) in [6.07, 6.45) is 3.47. The Morgan fingerprint density at radius 1 is 1.50 bits per heavy atom. The summed E-state index contributed by atoms with van der Waals surface area (Å²) in [5.74, 6) is -0.365. The minimum atomic E-state index is -0.365. The van der Waals surface area contributed by atoms with E-state index in [9.17, 15) is 9.18 Å². The zero-order valence-electron chi connectivity index (χ0n) is 12.2. The summed E-state index contributed by atoms with van der Waals surface area (Å²) in [5, 5.41) is 13.8. The minimum Gasteiger partial charge on any atom is -0.334 e. The molecule has 2 amide bonds. The SMILES string of the molecule is C[C@@H]1CCCN1C(=O)NCc1cc(F)ccc1-n1cnnn1. The van der Waals surface area contributed by atoms with E-state index in [1.165, 1.54) is 23.1 Å². The first-order valence-electron chi connectivity index (χ1n) is 7.21. The predicted molar refractivity (Wildman–Crippen MR) is 76.7 cm³/mol. The molecule has 1 N–H and O–H groups in total. The summed E-state index contributed by atoms with van der Waals surface area (Å²) in [4.78, 5) is 14.0. The minimum absolute atomic E-state index is 0.128. The highest BCUT2D eigenvalue weighted by Crippen LogP contribution is 2.18. The van der Waals surface area contributed by atoms with E-state index in [1.54, 1.807) is 11.0 Å². The van der Waals surface area contributed by atoms with Gasteiger partial charge >= 0.3 is 6.03 Å². The average Bonchev–Trinajstić information content (AvgIpc) is 3.16. The maximum atomic E-state index is 13.5. The lowest BCUT2D eigenvalue weighted by Crippen LogP contribution is -2.41. The van der Waals surface area contributed by atoms with Gasteiger partial charge in [-0.15, -0.1) is 5.10 Å². The first-order chi connectivity index (χ1) is 10.6. The number of aromatic nitrogens is 4. The summed E-state index contributed by atoms with van der Waals surface area (Å²) in [5.41, 5.74) is 1.26. The van der Waals surface area contributed by atoms with Crippen LogP contribution in [0.15, 0.2) is 24.5 Å². The quantitative estimate of drug-likeness (QED) is 0.932. The van der Waals surface area contributed by atoms with Crippen LogP contribution in [0.5, 0.6) is 0 Å². The molecule has 1 aromatic heterocycles. The van der Waals surface area contributed by atoms with Crippen LogP contribution in [0.3, 0.4) is 0 Å². The highest BCUT2D eigenvalue weighted by Gasteiger charge is 2.24. The Kier molecular flexibility index (Phi) is 3.99. The molecule has 7 nitrogen and oxygen atoms in total. The maximum absolute atomic E-state index is 13.5. The van der Waals surface area contributed by atoms with Crippen LogP contribution in [0.1, 0.15) is 25.3 Å². The van der Waals surface area contributed by atoms with Crippen LogP contribution in [0.2, 0.25) is 0 Å². The third-order valence-corrected chi connectivity index (χ3v) is 3.88. The van der Waals surface area contributed by atoms with Gasteiger partial charge in [0.2, 0.25) is 0 Å². The van der Waals surface area contributed by atoms with Crippen molar-refractivity contribution in [3.05, 3.63) is 35.9 Å². The predicted octanol–water partition coefficient (Wildman–Crippen LogP) is 1.50. The van der Waals surface area contributed by atoms with Gasteiger partial charge in [0.25, 0.3) is 0 Å². The number of nitrogens with one attached hydrogen (secondary N) is 1. The number of benzene rings is 1. The van der Waals surface area contributed by atoms with Crippen LogP contribution in [0, 0.1) is 5.82 Å². The number of carbonyl (C=O) groups is 1. The largest absolute Gasteiger partial charge is 0.334 e. The van der Waals surface area contributed by atoms with E-state index in [0.717, 1.165) is 19.4 Å². The van der Waals surface area contributed by atoms with Crippen molar-refractivity contribution in [3.8, 4) is 5.69 Å². The van der Waals surface area contributed by atoms with Gasteiger partial charge in [-0.05, 0) is 48.4 Å². The highest BCUT2D eigenvalue weighted by atomic mass is 19.1. The Balaban J connectivity index is 1.74. The van der Waals surface area contributed by atoms with Crippen molar-refractivity contribution in [3.63, 3.8) is 0 Å².